The van der Waals surface area contributed by atoms with Crippen molar-refractivity contribution in [1.29, 1.82) is 0 Å². The fourth-order valence-corrected chi connectivity index (χ4v) is 2.30. The first-order valence-electron chi connectivity index (χ1n) is 6.42. The molecule has 0 saturated carbocycles. The molecule has 0 aromatic heterocycles. The molecule has 1 rings (SSSR count). The van der Waals surface area contributed by atoms with Crippen LogP contribution in [-0.4, -0.2) is 77.3 Å². The van der Waals surface area contributed by atoms with Crippen LogP contribution < -0.4 is 5.32 Å². The number of hydrogen-bond acceptors (Lipinski definition) is 4. The average Bonchev–Trinajstić information content (AvgIpc) is 2.78. The summed E-state index contributed by atoms with van der Waals surface area (Å²) in [6, 6.07) is -1.51. The van der Waals surface area contributed by atoms with E-state index in [1.165, 1.54) is 19.0 Å². The van der Waals surface area contributed by atoms with E-state index < -0.39 is 30.1 Å². The average molecular weight is 287 g/mol. The molecule has 0 aromatic rings. The minimum absolute atomic E-state index is 0.00546. The van der Waals surface area contributed by atoms with Crippen molar-refractivity contribution in [2.45, 2.75) is 25.5 Å². The molecule has 0 aromatic carbocycles. The number of likely N-dealkylation sites (tertiary alicyclic amines) is 1. The van der Waals surface area contributed by atoms with Gasteiger partial charge in [-0.05, 0) is 0 Å². The Kier molecular flexibility index (Phi) is 5.32. The van der Waals surface area contributed by atoms with Gasteiger partial charge in [0.1, 0.15) is 6.04 Å². The van der Waals surface area contributed by atoms with Crippen molar-refractivity contribution in [3.63, 3.8) is 0 Å². The van der Waals surface area contributed by atoms with E-state index in [4.69, 9.17) is 5.11 Å². The third-order valence-electron chi connectivity index (χ3n) is 3.38. The zero-order valence-electron chi connectivity index (χ0n) is 11.9. The van der Waals surface area contributed by atoms with Crippen LogP contribution in [0.5, 0.6) is 0 Å². The normalized spacial score (nSPS) is 23.3. The van der Waals surface area contributed by atoms with Gasteiger partial charge in [-0.1, -0.05) is 6.92 Å². The summed E-state index contributed by atoms with van der Waals surface area (Å²) in [4.78, 5) is 37.1. The lowest BCUT2D eigenvalue weighted by Gasteiger charge is -2.28. The van der Waals surface area contributed by atoms with E-state index in [9.17, 15) is 19.5 Å². The second kappa shape index (κ2) is 6.56. The minimum Gasteiger partial charge on any atom is -0.480 e. The Morgan fingerprint density at radius 3 is 2.55 bits per heavy atom. The zero-order chi connectivity index (χ0) is 15.4. The first-order valence-corrected chi connectivity index (χ1v) is 6.42. The maximum Gasteiger partial charge on any atom is 0.326 e. The molecule has 1 aliphatic rings. The van der Waals surface area contributed by atoms with Crippen molar-refractivity contribution in [2.24, 2.45) is 5.92 Å². The van der Waals surface area contributed by atoms with Crippen LogP contribution in [0, 0.1) is 5.92 Å². The largest absolute Gasteiger partial charge is 0.480 e. The summed E-state index contributed by atoms with van der Waals surface area (Å²) in [6.45, 7) is 1.85. The van der Waals surface area contributed by atoms with Crippen molar-refractivity contribution in [3.8, 4) is 0 Å². The predicted molar refractivity (Wildman–Crippen MR) is 70.0 cm³/mol. The van der Waals surface area contributed by atoms with Gasteiger partial charge in [0.15, 0.2) is 0 Å². The Bertz CT molecular complexity index is 401. The fourth-order valence-electron chi connectivity index (χ4n) is 2.30. The van der Waals surface area contributed by atoms with E-state index in [1.54, 1.807) is 6.92 Å². The molecule has 3 N–H and O–H groups in total. The van der Waals surface area contributed by atoms with Gasteiger partial charge in [0.25, 0.3) is 0 Å². The molecule has 0 radical (unpaired) electrons. The molecule has 8 nitrogen and oxygen atoms in total. The highest BCUT2D eigenvalue weighted by atomic mass is 16.4. The fraction of sp³-hybridized carbons (Fsp3) is 0.750. The maximum atomic E-state index is 12.2. The molecule has 1 aliphatic heterocycles. The number of rotatable bonds is 4. The second-order valence-corrected chi connectivity index (χ2v) is 5.07. The Balaban J connectivity index is 2.68. The predicted octanol–water partition coefficient (Wildman–Crippen LogP) is -1.06. The van der Waals surface area contributed by atoms with Gasteiger partial charge in [0.05, 0.1) is 12.0 Å². The van der Waals surface area contributed by atoms with E-state index in [-0.39, 0.29) is 25.4 Å². The summed E-state index contributed by atoms with van der Waals surface area (Å²) in [5.74, 6) is -1.73. The van der Waals surface area contributed by atoms with Crippen LogP contribution in [0.15, 0.2) is 0 Å². The number of nitrogens with zero attached hydrogens (tertiary/aromatic N) is 2. The van der Waals surface area contributed by atoms with Crippen LogP contribution in [-0.2, 0) is 9.59 Å². The van der Waals surface area contributed by atoms with Gasteiger partial charge < -0.3 is 25.3 Å². The summed E-state index contributed by atoms with van der Waals surface area (Å²) in [5.41, 5.74) is 0. The summed E-state index contributed by atoms with van der Waals surface area (Å²) in [7, 11) is 3.02. The van der Waals surface area contributed by atoms with Gasteiger partial charge in [-0.2, -0.15) is 0 Å². The van der Waals surface area contributed by atoms with E-state index >= 15 is 0 Å². The van der Waals surface area contributed by atoms with Gasteiger partial charge in [0, 0.05) is 33.6 Å². The molecule has 0 bridgehead atoms. The van der Waals surface area contributed by atoms with Crippen molar-refractivity contribution >= 4 is 17.9 Å². The van der Waals surface area contributed by atoms with Gasteiger partial charge in [-0.15, -0.1) is 0 Å². The summed E-state index contributed by atoms with van der Waals surface area (Å²) >= 11 is 0. The Morgan fingerprint density at radius 2 is 2.05 bits per heavy atom. The lowest BCUT2D eigenvalue weighted by Crippen LogP contribution is -2.48. The van der Waals surface area contributed by atoms with Crippen LogP contribution in [0.4, 0.5) is 4.79 Å². The van der Waals surface area contributed by atoms with Crippen LogP contribution in [0.2, 0.25) is 0 Å². The molecule has 1 saturated heterocycles. The number of aliphatic carboxylic acids is 1. The van der Waals surface area contributed by atoms with E-state index in [0.29, 0.717) is 0 Å². The summed E-state index contributed by atoms with van der Waals surface area (Å²) in [6.07, 6.45) is -0.801. The SMILES string of the molecule is CNC(=O)C(C)CN(C)C(=O)N1CC(O)C[C@H]1C(=O)O. The molecular weight excluding hydrogens is 266 g/mol. The smallest absolute Gasteiger partial charge is 0.326 e. The zero-order valence-corrected chi connectivity index (χ0v) is 11.9. The lowest BCUT2D eigenvalue weighted by atomic mass is 10.1. The quantitative estimate of drug-likeness (QED) is 0.610. The number of carboxylic acids is 1. The summed E-state index contributed by atoms with van der Waals surface area (Å²) in [5, 5.41) is 21.1. The highest BCUT2D eigenvalue weighted by molar-refractivity contribution is 5.84. The van der Waals surface area contributed by atoms with Crippen LogP contribution in [0.25, 0.3) is 0 Å². The Labute approximate surface area is 117 Å². The molecule has 3 atom stereocenters. The maximum absolute atomic E-state index is 12.2. The lowest BCUT2D eigenvalue weighted by molar-refractivity contribution is -0.141. The standard InChI is InChI=1S/C12H21N3O5/c1-7(10(17)13-2)5-14(3)12(20)15-6-8(16)4-9(15)11(18)19/h7-9,16H,4-6H2,1-3H3,(H,13,17)(H,18,19)/t7?,8?,9-/m0/s1. The first-order chi connectivity index (χ1) is 9.27. The number of β-amino-alcohol motifs (C(OH)–C–C–N with tert-alkyl or cyclic N) is 1. The van der Waals surface area contributed by atoms with E-state index in [1.807, 2.05) is 0 Å². The van der Waals surface area contributed by atoms with E-state index in [0.717, 1.165) is 4.90 Å². The molecule has 0 spiro atoms. The van der Waals surface area contributed by atoms with Crippen molar-refractivity contribution < 1.29 is 24.6 Å². The molecule has 0 aliphatic carbocycles. The third kappa shape index (κ3) is 3.60. The highest BCUT2D eigenvalue weighted by Crippen LogP contribution is 2.20. The molecule has 20 heavy (non-hydrogen) atoms. The Hall–Kier alpha value is -1.83. The van der Waals surface area contributed by atoms with Crippen molar-refractivity contribution in [1.82, 2.24) is 15.1 Å². The minimum atomic E-state index is -1.14. The van der Waals surface area contributed by atoms with Gasteiger partial charge >= 0.3 is 12.0 Å². The van der Waals surface area contributed by atoms with Gasteiger partial charge in [-0.3, -0.25) is 4.79 Å². The second-order valence-electron chi connectivity index (χ2n) is 5.07. The topological polar surface area (TPSA) is 110 Å². The monoisotopic (exact) mass is 287 g/mol. The van der Waals surface area contributed by atoms with Gasteiger partial charge in [-0.25, -0.2) is 9.59 Å². The van der Waals surface area contributed by atoms with Crippen LogP contribution >= 0.6 is 0 Å². The number of carbonyl (C=O) groups excluding carboxylic acids is 2. The van der Waals surface area contributed by atoms with Gasteiger partial charge in [0.2, 0.25) is 5.91 Å². The van der Waals surface area contributed by atoms with Crippen molar-refractivity contribution in [2.75, 3.05) is 27.2 Å². The molecule has 1 fully saturated rings. The van der Waals surface area contributed by atoms with E-state index in [2.05, 4.69) is 5.32 Å². The number of hydrogen-bond donors (Lipinski definition) is 3. The molecule has 2 unspecified atom stereocenters. The molecule has 114 valence electrons. The highest BCUT2D eigenvalue weighted by Gasteiger charge is 2.40. The molecule has 1 heterocycles. The number of carboxylic acid groups (broad SMARTS) is 1. The molecular formula is C12H21N3O5. The van der Waals surface area contributed by atoms with Crippen LogP contribution in [0.3, 0.4) is 0 Å². The number of aliphatic hydroxyl groups is 1. The van der Waals surface area contributed by atoms with Crippen molar-refractivity contribution in [3.05, 3.63) is 0 Å². The number of carbonyl (C=O) groups is 3. The number of urea groups is 1. The molecule has 8 heteroatoms. The Morgan fingerprint density at radius 1 is 1.45 bits per heavy atom. The van der Waals surface area contributed by atoms with Crippen LogP contribution in [0.1, 0.15) is 13.3 Å². The number of amides is 3. The first kappa shape index (κ1) is 16.2. The number of aliphatic hydroxyl groups excluding tert-OH is 1. The third-order valence-corrected chi connectivity index (χ3v) is 3.38. The molecule has 3 amide bonds. The summed E-state index contributed by atoms with van der Waals surface area (Å²) < 4.78 is 0. The number of nitrogens with one attached hydrogen (secondary N) is 1.